The van der Waals surface area contributed by atoms with Crippen LogP contribution in [0.4, 0.5) is 5.88 Å². The van der Waals surface area contributed by atoms with Gasteiger partial charge in [0, 0.05) is 11.6 Å². The molecule has 0 aliphatic heterocycles. The van der Waals surface area contributed by atoms with Gasteiger partial charge in [-0.25, -0.2) is 0 Å². The summed E-state index contributed by atoms with van der Waals surface area (Å²) in [5, 5.41) is 13.3. The third kappa shape index (κ3) is 3.60. The van der Waals surface area contributed by atoms with E-state index in [0.29, 0.717) is 11.5 Å². The molecule has 0 aliphatic carbocycles. The van der Waals surface area contributed by atoms with Crippen LogP contribution in [0.1, 0.15) is 29.1 Å². The minimum atomic E-state index is -0.702. The van der Waals surface area contributed by atoms with Gasteiger partial charge < -0.3 is 19.2 Å². The summed E-state index contributed by atoms with van der Waals surface area (Å²) in [6, 6.07) is 7.22. The molecular formula is C15H16N2O6. The quantitative estimate of drug-likeness (QED) is 0.648. The Morgan fingerprint density at radius 2 is 2.00 bits per heavy atom. The number of methoxy groups -OCH3 is 2. The molecule has 0 spiro atoms. The van der Waals surface area contributed by atoms with E-state index in [0.717, 1.165) is 11.6 Å². The highest BCUT2D eigenvalue weighted by Gasteiger charge is 2.20. The van der Waals surface area contributed by atoms with Crippen molar-refractivity contribution < 1.29 is 23.6 Å². The summed E-state index contributed by atoms with van der Waals surface area (Å²) in [5.41, 5.74) is 0.739. The van der Waals surface area contributed by atoms with Crippen LogP contribution < -0.4 is 14.8 Å². The van der Waals surface area contributed by atoms with Gasteiger partial charge in [0.15, 0.2) is 5.76 Å². The van der Waals surface area contributed by atoms with Gasteiger partial charge in [-0.15, -0.1) is 0 Å². The predicted molar refractivity (Wildman–Crippen MR) is 80.8 cm³/mol. The van der Waals surface area contributed by atoms with Crippen molar-refractivity contribution in [2.45, 2.75) is 13.0 Å². The molecule has 1 heterocycles. The zero-order valence-corrected chi connectivity index (χ0v) is 12.9. The molecule has 1 atom stereocenters. The van der Waals surface area contributed by atoms with E-state index >= 15 is 0 Å². The van der Waals surface area contributed by atoms with Crippen molar-refractivity contribution in [3.05, 3.63) is 51.8 Å². The first-order valence-electron chi connectivity index (χ1n) is 6.73. The third-order valence-corrected chi connectivity index (χ3v) is 3.25. The number of carbonyl (C=O) groups excluding carboxylic acids is 1. The third-order valence-electron chi connectivity index (χ3n) is 3.25. The molecule has 0 saturated carbocycles. The van der Waals surface area contributed by atoms with Crippen LogP contribution in [0.3, 0.4) is 0 Å². The van der Waals surface area contributed by atoms with Crippen LogP contribution in [-0.2, 0) is 0 Å². The lowest BCUT2D eigenvalue weighted by atomic mass is 10.1. The molecule has 0 bridgehead atoms. The average molecular weight is 320 g/mol. The van der Waals surface area contributed by atoms with Crippen molar-refractivity contribution in [1.29, 1.82) is 0 Å². The SMILES string of the molecule is COc1ccc(C(C)NC(=O)c2ccc([N+](=O)[O-])o2)c(OC)c1. The summed E-state index contributed by atoms with van der Waals surface area (Å²) < 4.78 is 15.3. The largest absolute Gasteiger partial charge is 0.497 e. The molecular weight excluding hydrogens is 304 g/mol. The average Bonchev–Trinajstić information content (AvgIpc) is 3.04. The highest BCUT2D eigenvalue weighted by Crippen LogP contribution is 2.29. The van der Waals surface area contributed by atoms with E-state index in [1.807, 2.05) is 0 Å². The fourth-order valence-electron chi connectivity index (χ4n) is 2.07. The van der Waals surface area contributed by atoms with Crippen molar-refractivity contribution >= 4 is 11.8 Å². The lowest BCUT2D eigenvalue weighted by molar-refractivity contribution is -0.402. The first kappa shape index (κ1) is 16.3. The Bertz CT molecular complexity index is 725. The van der Waals surface area contributed by atoms with Crippen LogP contribution in [0.15, 0.2) is 34.7 Å². The number of nitro groups is 1. The van der Waals surface area contributed by atoms with Gasteiger partial charge in [0.05, 0.1) is 26.3 Å². The maximum Gasteiger partial charge on any atom is 0.433 e. The standard InChI is InChI=1S/C15H16N2O6/c1-9(11-5-4-10(21-2)8-13(11)22-3)16-15(18)12-6-7-14(23-12)17(19)20/h4-9H,1-3H3,(H,16,18). The van der Waals surface area contributed by atoms with Gasteiger partial charge in [-0.05, 0) is 25.1 Å². The molecule has 8 heteroatoms. The number of carbonyl (C=O) groups is 1. The van der Waals surface area contributed by atoms with E-state index in [9.17, 15) is 14.9 Å². The number of nitrogens with one attached hydrogen (secondary N) is 1. The summed E-state index contributed by atoms with van der Waals surface area (Å²) >= 11 is 0. The van der Waals surface area contributed by atoms with Crippen molar-refractivity contribution in [2.24, 2.45) is 0 Å². The molecule has 0 aliphatic rings. The van der Waals surface area contributed by atoms with E-state index in [4.69, 9.17) is 13.9 Å². The first-order valence-corrected chi connectivity index (χ1v) is 6.73. The molecule has 0 radical (unpaired) electrons. The fraction of sp³-hybridized carbons (Fsp3) is 0.267. The Balaban J connectivity index is 2.16. The molecule has 0 fully saturated rings. The number of hydrogen-bond acceptors (Lipinski definition) is 6. The molecule has 1 unspecified atom stereocenters. The first-order chi connectivity index (χ1) is 11.0. The highest BCUT2D eigenvalue weighted by atomic mass is 16.6. The molecule has 1 aromatic heterocycles. The van der Waals surface area contributed by atoms with Crippen molar-refractivity contribution in [3.63, 3.8) is 0 Å². The number of nitrogens with zero attached hydrogens (tertiary/aromatic N) is 1. The van der Waals surface area contributed by atoms with Gasteiger partial charge in [-0.3, -0.25) is 14.9 Å². The Kier molecular flexibility index (Phi) is 4.85. The number of hydrogen-bond donors (Lipinski definition) is 1. The maximum absolute atomic E-state index is 12.1. The van der Waals surface area contributed by atoms with E-state index in [-0.39, 0.29) is 5.76 Å². The van der Waals surface area contributed by atoms with Crippen LogP contribution in [-0.4, -0.2) is 25.1 Å². The molecule has 122 valence electrons. The number of benzene rings is 1. The highest BCUT2D eigenvalue weighted by molar-refractivity contribution is 5.92. The van der Waals surface area contributed by atoms with Gasteiger partial charge in [0.1, 0.15) is 16.4 Å². The fourth-order valence-corrected chi connectivity index (χ4v) is 2.07. The molecule has 1 N–H and O–H groups in total. The minimum Gasteiger partial charge on any atom is -0.497 e. The van der Waals surface area contributed by atoms with Crippen LogP contribution in [0, 0.1) is 10.1 Å². The van der Waals surface area contributed by atoms with E-state index in [2.05, 4.69) is 5.32 Å². The molecule has 8 nitrogen and oxygen atoms in total. The molecule has 1 amide bonds. The van der Waals surface area contributed by atoms with Crippen LogP contribution in [0.2, 0.25) is 0 Å². The van der Waals surface area contributed by atoms with Gasteiger partial charge in [0.25, 0.3) is 5.91 Å². The topological polar surface area (TPSA) is 104 Å². The Morgan fingerprint density at radius 1 is 1.26 bits per heavy atom. The number of ether oxygens (including phenoxy) is 2. The summed E-state index contributed by atoms with van der Waals surface area (Å²) in [6.07, 6.45) is 0. The molecule has 1 aromatic carbocycles. The van der Waals surface area contributed by atoms with Crippen molar-refractivity contribution in [3.8, 4) is 11.5 Å². The van der Waals surface area contributed by atoms with Crippen LogP contribution in [0.25, 0.3) is 0 Å². The number of furan rings is 1. The van der Waals surface area contributed by atoms with E-state index < -0.39 is 22.8 Å². The summed E-state index contributed by atoms with van der Waals surface area (Å²) in [4.78, 5) is 22.0. The normalized spacial score (nSPS) is 11.6. The Labute approximate surface area is 132 Å². The van der Waals surface area contributed by atoms with E-state index in [1.165, 1.54) is 13.2 Å². The molecule has 2 aromatic rings. The Morgan fingerprint density at radius 3 is 2.57 bits per heavy atom. The minimum absolute atomic E-state index is 0.129. The maximum atomic E-state index is 12.1. The number of amides is 1. The molecule has 23 heavy (non-hydrogen) atoms. The van der Waals surface area contributed by atoms with Crippen molar-refractivity contribution in [1.82, 2.24) is 5.32 Å². The monoisotopic (exact) mass is 320 g/mol. The van der Waals surface area contributed by atoms with E-state index in [1.54, 1.807) is 32.2 Å². The second-order valence-electron chi connectivity index (χ2n) is 4.70. The van der Waals surface area contributed by atoms with Gasteiger partial charge >= 0.3 is 5.88 Å². The smallest absolute Gasteiger partial charge is 0.433 e. The van der Waals surface area contributed by atoms with Crippen LogP contribution in [0.5, 0.6) is 11.5 Å². The predicted octanol–water partition coefficient (Wildman–Crippen LogP) is 2.70. The summed E-state index contributed by atoms with van der Waals surface area (Å²) in [7, 11) is 3.06. The van der Waals surface area contributed by atoms with Gasteiger partial charge in [-0.2, -0.15) is 0 Å². The van der Waals surface area contributed by atoms with Crippen LogP contribution >= 0.6 is 0 Å². The summed E-state index contributed by atoms with van der Waals surface area (Å²) in [6.45, 7) is 1.76. The molecule has 0 saturated heterocycles. The van der Waals surface area contributed by atoms with Gasteiger partial charge in [-0.1, -0.05) is 0 Å². The molecule has 2 rings (SSSR count). The zero-order valence-electron chi connectivity index (χ0n) is 12.9. The van der Waals surface area contributed by atoms with Crippen molar-refractivity contribution in [2.75, 3.05) is 14.2 Å². The number of rotatable bonds is 6. The second kappa shape index (κ2) is 6.82. The lowest BCUT2D eigenvalue weighted by Crippen LogP contribution is -2.26. The second-order valence-corrected chi connectivity index (χ2v) is 4.70. The zero-order chi connectivity index (χ0) is 17.0. The van der Waals surface area contributed by atoms with Gasteiger partial charge in [0.2, 0.25) is 0 Å². The summed E-state index contributed by atoms with van der Waals surface area (Å²) in [5.74, 6) is 0.0256. The Hall–Kier alpha value is -3.03. The lowest BCUT2D eigenvalue weighted by Gasteiger charge is -2.17.